The van der Waals surface area contributed by atoms with E-state index in [1.807, 2.05) is 54.6 Å². The first kappa shape index (κ1) is 17.4. The van der Waals surface area contributed by atoms with Crippen molar-refractivity contribution < 1.29 is 8.95 Å². The van der Waals surface area contributed by atoms with Gasteiger partial charge >= 0.3 is 0 Å². The number of benzene rings is 2. The van der Waals surface area contributed by atoms with E-state index in [-0.39, 0.29) is 5.75 Å². The zero-order valence-corrected chi connectivity index (χ0v) is 15.5. The van der Waals surface area contributed by atoms with Gasteiger partial charge in [-0.1, -0.05) is 42.5 Å². The molecule has 0 bridgehead atoms. The van der Waals surface area contributed by atoms with Gasteiger partial charge in [0.15, 0.2) is 5.16 Å². The number of imidazole rings is 1. The molecule has 1 N–H and O–H groups in total. The van der Waals surface area contributed by atoms with E-state index < -0.39 is 10.8 Å². The molecule has 2 aromatic carbocycles. The summed E-state index contributed by atoms with van der Waals surface area (Å²) in [6.45, 7) is 0.542. The fraction of sp³-hybridized carbons (Fsp3) is 0.143. The van der Waals surface area contributed by atoms with E-state index >= 15 is 0 Å². The Labute approximate surface area is 159 Å². The Kier molecular flexibility index (Phi) is 5.25. The molecule has 4 aromatic rings. The number of H-pyrrole nitrogens is 1. The molecule has 0 aliphatic carbocycles. The third-order valence-electron chi connectivity index (χ3n) is 4.19. The molecule has 5 nitrogen and oxygen atoms in total. The number of rotatable bonds is 7. The Bertz CT molecular complexity index is 1030. The zero-order valence-electron chi connectivity index (χ0n) is 14.7. The van der Waals surface area contributed by atoms with Crippen LogP contribution in [-0.2, 0) is 23.0 Å². The van der Waals surface area contributed by atoms with Gasteiger partial charge in [0.25, 0.3) is 0 Å². The van der Waals surface area contributed by atoms with Crippen molar-refractivity contribution in [1.82, 2.24) is 15.0 Å². The predicted octanol–water partition coefficient (Wildman–Crippen LogP) is 3.89. The number of ether oxygens (including phenoxy) is 1. The third kappa shape index (κ3) is 4.23. The summed E-state index contributed by atoms with van der Waals surface area (Å²) in [5.74, 6) is 0.916. The second-order valence-electron chi connectivity index (χ2n) is 6.08. The van der Waals surface area contributed by atoms with Gasteiger partial charge in [-0.2, -0.15) is 0 Å². The topological polar surface area (TPSA) is 67.9 Å². The van der Waals surface area contributed by atoms with Crippen LogP contribution >= 0.6 is 0 Å². The van der Waals surface area contributed by atoms with Crippen molar-refractivity contribution in [2.24, 2.45) is 0 Å². The maximum atomic E-state index is 12.8. The van der Waals surface area contributed by atoms with E-state index in [0.29, 0.717) is 23.2 Å². The number of hydrogen-bond acceptors (Lipinski definition) is 4. The molecule has 6 heteroatoms. The highest BCUT2D eigenvalue weighted by atomic mass is 32.2. The number of para-hydroxylation sites is 2. The summed E-state index contributed by atoms with van der Waals surface area (Å²) in [5, 5.41) is 0.456. The first-order valence-corrected chi connectivity index (χ1v) is 10.1. The lowest BCUT2D eigenvalue weighted by Gasteiger charge is -2.10. The lowest BCUT2D eigenvalue weighted by Crippen LogP contribution is -2.07. The Morgan fingerprint density at radius 2 is 1.78 bits per heavy atom. The minimum absolute atomic E-state index is 0.251. The van der Waals surface area contributed by atoms with Crippen LogP contribution in [0.5, 0.6) is 5.75 Å². The van der Waals surface area contributed by atoms with E-state index in [2.05, 4.69) is 27.1 Å². The number of aromatic nitrogens is 3. The predicted molar refractivity (Wildman–Crippen MR) is 106 cm³/mol. The van der Waals surface area contributed by atoms with Crippen LogP contribution in [0.25, 0.3) is 11.0 Å². The van der Waals surface area contributed by atoms with Gasteiger partial charge in [-0.25, -0.2) is 4.98 Å². The standard InChI is InChI=1S/C21H19N3O2S/c25-27(21-23-17-9-4-5-10-18(17)24-21)15-19-20(11-6-13-22-19)26-14-12-16-7-2-1-3-8-16/h1-11,13H,12,14-15H2,(H,23,24). The second-order valence-corrected chi connectivity index (χ2v) is 7.45. The highest BCUT2D eigenvalue weighted by Crippen LogP contribution is 2.20. The first-order chi connectivity index (χ1) is 13.3. The van der Waals surface area contributed by atoms with Crippen LogP contribution in [0.3, 0.4) is 0 Å². The largest absolute Gasteiger partial charge is 0.491 e. The molecule has 1 unspecified atom stereocenters. The highest BCUT2D eigenvalue weighted by Gasteiger charge is 2.14. The molecule has 0 aliphatic rings. The molecule has 0 spiro atoms. The summed E-state index contributed by atoms with van der Waals surface area (Å²) < 4.78 is 18.7. The monoisotopic (exact) mass is 377 g/mol. The van der Waals surface area contributed by atoms with Gasteiger partial charge < -0.3 is 9.72 Å². The molecule has 0 aliphatic heterocycles. The van der Waals surface area contributed by atoms with Gasteiger partial charge in [0.2, 0.25) is 0 Å². The fourth-order valence-electron chi connectivity index (χ4n) is 2.82. The van der Waals surface area contributed by atoms with E-state index in [4.69, 9.17) is 4.74 Å². The smallest absolute Gasteiger partial charge is 0.197 e. The highest BCUT2D eigenvalue weighted by molar-refractivity contribution is 7.84. The second kappa shape index (κ2) is 8.14. The quantitative estimate of drug-likeness (QED) is 0.531. The average molecular weight is 377 g/mol. The van der Waals surface area contributed by atoms with Crippen molar-refractivity contribution in [3.05, 3.63) is 84.2 Å². The van der Waals surface area contributed by atoms with E-state index in [0.717, 1.165) is 17.5 Å². The molecule has 0 saturated heterocycles. The molecular formula is C21H19N3O2S. The van der Waals surface area contributed by atoms with Crippen LogP contribution in [0.1, 0.15) is 11.3 Å². The van der Waals surface area contributed by atoms with Gasteiger partial charge in [-0.05, 0) is 29.8 Å². The number of aromatic amines is 1. The van der Waals surface area contributed by atoms with Gasteiger partial charge in [0, 0.05) is 12.6 Å². The lowest BCUT2D eigenvalue weighted by atomic mass is 10.2. The van der Waals surface area contributed by atoms with Crippen molar-refractivity contribution in [2.45, 2.75) is 17.3 Å². The maximum absolute atomic E-state index is 12.8. The summed E-state index contributed by atoms with van der Waals surface area (Å²) in [6.07, 6.45) is 2.50. The molecular weight excluding hydrogens is 358 g/mol. The van der Waals surface area contributed by atoms with Gasteiger partial charge in [0.05, 0.1) is 39.9 Å². The third-order valence-corrected chi connectivity index (χ3v) is 5.35. The fourth-order valence-corrected chi connectivity index (χ4v) is 3.84. The Morgan fingerprint density at radius 1 is 0.963 bits per heavy atom. The minimum atomic E-state index is -1.33. The van der Waals surface area contributed by atoms with Gasteiger partial charge in [-0.15, -0.1) is 0 Å². The molecule has 2 heterocycles. The normalized spacial score (nSPS) is 12.1. The van der Waals surface area contributed by atoms with Crippen LogP contribution in [0.15, 0.2) is 78.1 Å². The van der Waals surface area contributed by atoms with Crippen LogP contribution in [0.2, 0.25) is 0 Å². The maximum Gasteiger partial charge on any atom is 0.197 e. The van der Waals surface area contributed by atoms with Crippen molar-refractivity contribution >= 4 is 21.8 Å². The van der Waals surface area contributed by atoms with Crippen LogP contribution in [0.4, 0.5) is 0 Å². The summed E-state index contributed by atoms with van der Waals surface area (Å²) in [7, 11) is -1.33. The molecule has 1 atom stereocenters. The number of pyridine rings is 1. The Balaban J connectivity index is 1.45. The number of hydrogen-bond donors (Lipinski definition) is 1. The molecule has 136 valence electrons. The number of fused-ring (bicyclic) bond motifs is 1. The number of nitrogens with zero attached hydrogens (tertiary/aromatic N) is 2. The molecule has 27 heavy (non-hydrogen) atoms. The SMILES string of the molecule is O=S(Cc1ncccc1OCCc1ccccc1)c1nc2ccccc2[nH]1. The molecule has 2 aromatic heterocycles. The molecule has 0 radical (unpaired) electrons. The van der Waals surface area contributed by atoms with Crippen LogP contribution in [-0.4, -0.2) is 25.8 Å². The average Bonchev–Trinajstić information content (AvgIpc) is 3.15. The van der Waals surface area contributed by atoms with Gasteiger partial charge in [-0.3, -0.25) is 9.19 Å². The molecule has 0 amide bonds. The van der Waals surface area contributed by atoms with Crippen molar-refractivity contribution in [2.75, 3.05) is 6.61 Å². The molecule has 0 fully saturated rings. The van der Waals surface area contributed by atoms with Crippen LogP contribution < -0.4 is 4.74 Å². The minimum Gasteiger partial charge on any atom is -0.491 e. The van der Waals surface area contributed by atoms with E-state index in [1.54, 1.807) is 6.20 Å². The van der Waals surface area contributed by atoms with Crippen molar-refractivity contribution in [1.29, 1.82) is 0 Å². The zero-order chi connectivity index (χ0) is 18.5. The van der Waals surface area contributed by atoms with Gasteiger partial charge in [0.1, 0.15) is 5.75 Å². The summed E-state index contributed by atoms with van der Waals surface area (Å²) in [6, 6.07) is 21.5. The van der Waals surface area contributed by atoms with E-state index in [9.17, 15) is 4.21 Å². The summed E-state index contributed by atoms with van der Waals surface area (Å²) in [4.78, 5) is 11.9. The summed E-state index contributed by atoms with van der Waals surface area (Å²) in [5.41, 5.74) is 3.57. The van der Waals surface area contributed by atoms with Crippen LogP contribution in [0, 0.1) is 0 Å². The number of nitrogens with one attached hydrogen (secondary N) is 1. The Morgan fingerprint density at radius 3 is 2.63 bits per heavy atom. The lowest BCUT2D eigenvalue weighted by molar-refractivity contribution is 0.318. The van der Waals surface area contributed by atoms with Crippen molar-refractivity contribution in [3.8, 4) is 5.75 Å². The summed E-state index contributed by atoms with van der Waals surface area (Å²) >= 11 is 0. The Hall–Kier alpha value is -2.99. The molecule has 4 rings (SSSR count). The molecule has 0 saturated carbocycles. The van der Waals surface area contributed by atoms with E-state index in [1.165, 1.54) is 5.56 Å². The first-order valence-electron chi connectivity index (χ1n) is 8.73. The van der Waals surface area contributed by atoms with Crippen molar-refractivity contribution in [3.63, 3.8) is 0 Å².